The minimum atomic E-state index is 0.508. The second-order valence-corrected chi connectivity index (χ2v) is 6.19. The zero-order valence-corrected chi connectivity index (χ0v) is 13.7. The van der Waals surface area contributed by atoms with E-state index in [1.165, 1.54) is 11.4 Å². The number of hydrogen-bond donors (Lipinski definition) is 0. The Morgan fingerprint density at radius 2 is 1.95 bits per heavy atom. The number of hydrogen-bond acceptors (Lipinski definition) is 4. The molecular formula is C17H25N5. The fourth-order valence-electron chi connectivity index (χ4n) is 3.19. The molecule has 0 saturated carbocycles. The second kappa shape index (κ2) is 6.48. The fourth-order valence-corrected chi connectivity index (χ4v) is 3.19. The van der Waals surface area contributed by atoms with Crippen LogP contribution in [-0.2, 0) is 6.54 Å². The Hall–Kier alpha value is -1.88. The Morgan fingerprint density at radius 1 is 1.18 bits per heavy atom. The SMILES string of the molecule is Cc1cc(C)n(CC(C)N2CCN(c3cccnc3)CC2)n1. The van der Waals surface area contributed by atoms with Gasteiger partial charge in [-0.25, -0.2) is 0 Å². The summed E-state index contributed by atoms with van der Waals surface area (Å²) in [4.78, 5) is 9.19. The third kappa shape index (κ3) is 3.30. The highest BCUT2D eigenvalue weighted by Gasteiger charge is 2.22. The summed E-state index contributed by atoms with van der Waals surface area (Å²) in [6.45, 7) is 11.8. The van der Waals surface area contributed by atoms with Crippen molar-refractivity contribution >= 4 is 5.69 Å². The van der Waals surface area contributed by atoms with Crippen LogP contribution in [0.1, 0.15) is 18.3 Å². The first-order valence-corrected chi connectivity index (χ1v) is 8.03. The number of aromatic nitrogens is 3. The van der Waals surface area contributed by atoms with Crippen LogP contribution >= 0.6 is 0 Å². The molecule has 1 aliphatic heterocycles. The normalized spacial score (nSPS) is 17.7. The van der Waals surface area contributed by atoms with E-state index in [1.807, 2.05) is 18.5 Å². The van der Waals surface area contributed by atoms with Gasteiger partial charge in [-0.3, -0.25) is 14.6 Å². The van der Waals surface area contributed by atoms with Crippen molar-refractivity contribution in [1.82, 2.24) is 19.7 Å². The smallest absolute Gasteiger partial charge is 0.0596 e. The van der Waals surface area contributed by atoms with Crippen LogP contribution < -0.4 is 4.90 Å². The van der Waals surface area contributed by atoms with E-state index in [4.69, 9.17) is 0 Å². The van der Waals surface area contributed by atoms with E-state index in [9.17, 15) is 0 Å². The molecule has 5 nitrogen and oxygen atoms in total. The number of pyridine rings is 1. The predicted octanol–water partition coefficient (Wildman–Crippen LogP) is 2.11. The average Bonchev–Trinajstić information content (AvgIpc) is 2.86. The van der Waals surface area contributed by atoms with Crippen LogP contribution in [0.3, 0.4) is 0 Å². The lowest BCUT2D eigenvalue weighted by atomic mass is 10.2. The summed E-state index contributed by atoms with van der Waals surface area (Å²) in [5.74, 6) is 0. The lowest BCUT2D eigenvalue weighted by Gasteiger charge is -2.39. The lowest BCUT2D eigenvalue weighted by molar-refractivity contribution is 0.176. The Balaban J connectivity index is 1.56. The molecule has 118 valence electrons. The molecule has 1 unspecified atom stereocenters. The first-order chi connectivity index (χ1) is 10.6. The van der Waals surface area contributed by atoms with Crippen LogP contribution in [0.4, 0.5) is 5.69 Å². The minimum absolute atomic E-state index is 0.508. The molecule has 22 heavy (non-hydrogen) atoms. The molecule has 0 bridgehead atoms. The van der Waals surface area contributed by atoms with Crippen molar-refractivity contribution in [2.24, 2.45) is 0 Å². The fraction of sp³-hybridized carbons (Fsp3) is 0.529. The molecule has 0 N–H and O–H groups in total. The molecule has 0 aliphatic carbocycles. The van der Waals surface area contributed by atoms with Crippen LogP contribution in [0.2, 0.25) is 0 Å². The summed E-state index contributed by atoms with van der Waals surface area (Å²) < 4.78 is 2.13. The summed E-state index contributed by atoms with van der Waals surface area (Å²) in [7, 11) is 0. The van der Waals surface area contributed by atoms with Gasteiger partial charge >= 0.3 is 0 Å². The molecule has 2 aromatic rings. The first-order valence-electron chi connectivity index (χ1n) is 8.03. The monoisotopic (exact) mass is 299 g/mol. The highest BCUT2D eigenvalue weighted by atomic mass is 15.3. The predicted molar refractivity (Wildman–Crippen MR) is 89.2 cm³/mol. The topological polar surface area (TPSA) is 37.2 Å². The van der Waals surface area contributed by atoms with Gasteiger partial charge in [0.2, 0.25) is 0 Å². The largest absolute Gasteiger partial charge is 0.368 e. The Labute approximate surface area is 132 Å². The maximum absolute atomic E-state index is 4.58. The zero-order valence-electron chi connectivity index (χ0n) is 13.7. The summed E-state index contributed by atoms with van der Waals surface area (Å²) in [6.07, 6.45) is 3.78. The molecule has 1 saturated heterocycles. The number of rotatable bonds is 4. The third-order valence-electron chi connectivity index (χ3n) is 4.49. The van der Waals surface area contributed by atoms with E-state index in [0.717, 1.165) is 38.4 Å². The van der Waals surface area contributed by atoms with Gasteiger partial charge in [-0.15, -0.1) is 0 Å². The van der Waals surface area contributed by atoms with Crippen molar-refractivity contribution in [2.75, 3.05) is 31.1 Å². The highest BCUT2D eigenvalue weighted by Crippen LogP contribution is 2.16. The summed E-state index contributed by atoms with van der Waals surface area (Å²) in [5.41, 5.74) is 3.58. The van der Waals surface area contributed by atoms with E-state index in [0.29, 0.717) is 6.04 Å². The summed E-state index contributed by atoms with van der Waals surface area (Å²) in [6, 6.07) is 6.80. The van der Waals surface area contributed by atoms with Gasteiger partial charge < -0.3 is 4.90 Å². The van der Waals surface area contributed by atoms with Gasteiger partial charge in [0.05, 0.1) is 24.1 Å². The molecule has 3 heterocycles. The van der Waals surface area contributed by atoms with Crippen molar-refractivity contribution in [3.05, 3.63) is 42.0 Å². The Kier molecular flexibility index (Phi) is 4.43. The van der Waals surface area contributed by atoms with Gasteiger partial charge in [0, 0.05) is 44.1 Å². The average molecular weight is 299 g/mol. The lowest BCUT2D eigenvalue weighted by Crippen LogP contribution is -2.50. The molecule has 0 aromatic carbocycles. The maximum atomic E-state index is 4.58. The number of piperazine rings is 1. The van der Waals surface area contributed by atoms with Crippen molar-refractivity contribution in [1.29, 1.82) is 0 Å². The highest BCUT2D eigenvalue weighted by molar-refractivity contribution is 5.44. The van der Waals surface area contributed by atoms with E-state index in [2.05, 4.69) is 57.5 Å². The van der Waals surface area contributed by atoms with Gasteiger partial charge in [-0.05, 0) is 39.0 Å². The quantitative estimate of drug-likeness (QED) is 0.866. The molecular weight excluding hydrogens is 274 g/mol. The molecule has 5 heteroatoms. The van der Waals surface area contributed by atoms with Gasteiger partial charge in [-0.2, -0.15) is 5.10 Å². The molecule has 1 aliphatic rings. The van der Waals surface area contributed by atoms with Gasteiger partial charge in [0.15, 0.2) is 0 Å². The van der Waals surface area contributed by atoms with Crippen LogP contribution in [0, 0.1) is 13.8 Å². The van der Waals surface area contributed by atoms with Gasteiger partial charge in [0.25, 0.3) is 0 Å². The van der Waals surface area contributed by atoms with Crippen molar-refractivity contribution in [3.63, 3.8) is 0 Å². The first kappa shape index (κ1) is 15.0. The van der Waals surface area contributed by atoms with Crippen LogP contribution in [0.5, 0.6) is 0 Å². The number of aryl methyl sites for hydroxylation is 2. The molecule has 1 atom stereocenters. The van der Waals surface area contributed by atoms with Crippen LogP contribution in [0.25, 0.3) is 0 Å². The molecule has 2 aromatic heterocycles. The van der Waals surface area contributed by atoms with E-state index >= 15 is 0 Å². The molecule has 3 rings (SSSR count). The summed E-state index contributed by atoms with van der Waals surface area (Å²) in [5, 5.41) is 4.58. The maximum Gasteiger partial charge on any atom is 0.0596 e. The Bertz CT molecular complexity index is 599. The number of nitrogens with zero attached hydrogens (tertiary/aromatic N) is 5. The van der Waals surface area contributed by atoms with Crippen molar-refractivity contribution < 1.29 is 0 Å². The second-order valence-electron chi connectivity index (χ2n) is 6.19. The molecule has 1 fully saturated rings. The van der Waals surface area contributed by atoms with E-state index < -0.39 is 0 Å². The standard InChI is InChI=1S/C17H25N5/c1-14-11-15(2)22(19-14)13-16(3)20-7-9-21(10-8-20)17-5-4-6-18-12-17/h4-6,11-12,16H,7-10,13H2,1-3H3. The zero-order chi connectivity index (χ0) is 15.5. The minimum Gasteiger partial charge on any atom is -0.368 e. The van der Waals surface area contributed by atoms with Crippen molar-refractivity contribution in [2.45, 2.75) is 33.4 Å². The number of anilines is 1. The van der Waals surface area contributed by atoms with Crippen molar-refractivity contribution in [3.8, 4) is 0 Å². The molecule has 0 spiro atoms. The summed E-state index contributed by atoms with van der Waals surface area (Å²) >= 11 is 0. The van der Waals surface area contributed by atoms with Crippen LogP contribution in [0.15, 0.2) is 30.6 Å². The van der Waals surface area contributed by atoms with E-state index in [-0.39, 0.29) is 0 Å². The molecule has 0 radical (unpaired) electrons. The third-order valence-corrected chi connectivity index (χ3v) is 4.49. The van der Waals surface area contributed by atoms with Gasteiger partial charge in [-0.1, -0.05) is 0 Å². The Morgan fingerprint density at radius 3 is 2.55 bits per heavy atom. The van der Waals surface area contributed by atoms with Crippen LogP contribution in [-0.4, -0.2) is 51.9 Å². The molecule has 0 amide bonds. The van der Waals surface area contributed by atoms with E-state index in [1.54, 1.807) is 0 Å². The van der Waals surface area contributed by atoms with Gasteiger partial charge in [0.1, 0.15) is 0 Å².